The molecule has 0 atom stereocenters. The summed E-state index contributed by atoms with van der Waals surface area (Å²) in [6.45, 7) is 6.94. The summed E-state index contributed by atoms with van der Waals surface area (Å²) in [6.07, 6.45) is 8.33. The Bertz CT molecular complexity index is 506. The third-order valence-corrected chi connectivity index (χ3v) is 5.41. The molecule has 1 N–H and O–H groups in total. The lowest BCUT2D eigenvalue weighted by Crippen LogP contribution is -2.24. The van der Waals surface area contributed by atoms with Crippen molar-refractivity contribution in [1.29, 1.82) is 0 Å². The molecule has 0 heterocycles. The molecule has 3 nitrogen and oxygen atoms in total. The Labute approximate surface area is 136 Å². The van der Waals surface area contributed by atoms with Gasteiger partial charge in [0.1, 0.15) is 0 Å². The van der Waals surface area contributed by atoms with Crippen LogP contribution in [-0.4, -0.2) is 15.0 Å². The van der Waals surface area contributed by atoms with Crippen molar-refractivity contribution in [1.82, 2.24) is 4.72 Å². The maximum atomic E-state index is 12.2. The molecule has 0 fully saturated rings. The molecule has 4 heteroatoms. The number of hydrogen-bond donors (Lipinski definition) is 1. The predicted octanol–water partition coefficient (Wildman–Crippen LogP) is 4.84. The van der Waals surface area contributed by atoms with E-state index in [1.807, 2.05) is 12.1 Å². The lowest BCUT2D eigenvalue weighted by atomic mass is 10.0. The summed E-state index contributed by atoms with van der Waals surface area (Å²) in [6, 6.07) is 7.19. The fourth-order valence-corrected chi connectivity index (χ4v) is 3.48. The second-order valence-corrected chi connectivity index (χ2v) is 8.01. The molecule has 0 unspecified atom stereocenters. The molecule has 0 spiro atoms. The minimum Gasteiger partial charge on any atom is -0.211 e. The van der Waals surface area contributed by atoms with Crippen molar-refractivity contribution in [3.05, 3.63) is 29.8 Å². The third-order valence-electron chi connectivity index (χ3n) is 3.93. The first-order chi connectivity index (χ1) is 10.5. The Hall–Kier alpha value is -0.870. The fraction of sp³-hybridized carbons (Fsp3) is 0.667. The standard InChI is InChI=1S/C18H31NO2S/c1-4-5-6-7-8-9-10-15-19-22(20,21)18-13-11-17(12-14-18)16(2)3/h11-14,16,19H,4-10,15H2,1-3H3. The molecule has 1 rings (SSSR count). The van der Waals surface area contributed by atoms with Crippen LogP contribution >= 0.6 is 0 Å². The van der Waals surface area contributed by atoms with E-state index in [1.165, 1.54) is 32.1 Å². The Morgan fingerprint density at radius 1 is 0.909 bits per heavy atom. The highest BCUT2D eigenvalue weighted by atomic mass is 32.2. The third kappa shape index (κ3) is 6.93. The highest BCUT2D eigenvalue weighted by Crippen LogP contribution is 2.17. The maximum absolute atomic E-state index is 12.2. The first-order valence-corrected chi connectivity index (χ1v) is 10.1. The van der Waals surface area contributed by atoms with Gasteiger partial charge in [-0.3, -0.25) is 0 Å². The molecule has 22 heavy (non-hydrogen) atoms. The van der Waals surface area contributed by atoms with E-state index in [1.54, 1.807) is 12.1 Å². The van der Waals surface area contributed by atoms with Gasteiger partial charge in [-0.05, 0) is 30.0 Å². The largest absolute Gasteiger partial charge is 0.240 e. The van der Waals surface area contributed by atoms with Gasteiger partial charge in [0.25, 0.3) is 0 Å². The maximum Gasteiger partial charge on any atom is 0.240 e. The second kappa shape index (κ2) is 10.0. The molecule has 126 valence electrons. The van der Waals surface area contributed by atoms with Crippen LogP contribution in [0.4, 0.5) is 0 Å². The SMILES string of the molecule is CCCCCCCCCNS(=O)(=O)c1ccc(C(C)C)cc1. The minimum atomic E-state index is -3.35. The van der Waals surface area contributed by atoms with Gasteiger partial charge in [0.2, 0.25) is 10.0 Å². The van der Waals surface area contributed by atoms with Gasteiger partial charge in [-0.15, -0.1) is 0 Å². The monoisotopic (exact) mass is 325 g/mol. The van der Waals surface area contributed by atoms with Crippen LogP contribution in [0.1, 0.15) is 77.2 Å². The summed E-state index contributed by atoms with van der Waals surface area (Å²) in [5, 5.41) is 0. The van der Waals surface area contributed by atoms with Crippen LogP contribution in [0.15, 0.2) is 29.2 Å². The summed E-state index contributed by atoms with van der Waals surface area (Å²) in [5.41, 5.74) is 1.16. The molecule has 1 aromatic carbocycles. The Morgan fingerprint density at radius 3 is 2.00 bits per heavy atom. The van der Waals surface area contributed by atoms with E-state index >= 15 is 0 Å². The van der Waals surface area contributed by atoms with E-state index in [0.717, 1.165) is 18.4 Å². The van der Waals surface area contributed by atoms with Gasteiger partial charge in [-0.1, -0.05) is 71.4 Å². The van der Waals surface area contributed by atoms with Crippen molar-refractivity contribution >= 4 is 10.0 Å². The lowest BCUT2D eigenvalue weighted by molar-refractivity contribution is 0.563. The summed E-state index contributed by atoms with van der Waals surface area (Å²) >= 11 is 0. The number of nitrogens with one attached hydrogen (secondary N) is 1. The molecule has 1 aromatic rings. The topological polar surface area (TPSA) is 46.2 Å². The minimum absolute atomic E-state index is 0.361. The van der Waals surface area contributed by atoms with Crippen molar-refractivity contribution in [3.63, 3.8) is 0 Å². The van der Waals surface area contributed by atoms with Gasteiger partial charge in [0.15, 0.2) is 0 Å². The predicted molar refractivity (Wildman–Crippen MR) is 93.7 cm³/mol. The molecule has 0 aliphatic carbocycles. The Kier molecular flexibility index (Phi) is 8.72. The van der Waals surface area contributed by atoms with Gasteiger partial charge < -0.3 is 0 Å². The number of rotatable bonds is 11. The molecule has 0 radical (unpaired) electrons. The second-order valence-electron chi connectivity index (χ2n) is 6.24. The zero-order valence-corrected chi connectivity index (χ0v) is 15.1. The van der Waals surface area contributed by atoms with E-state index < -0.39 is 10.0 Å². The van der Waals surface area contributed by atoms with Crippen LogP contribution in [0.3, 0.4) is 0 Å². The van der Waals surface area contributed by atoms with Gasteiger partial charge in [0, 0.05) is 6.54 Å². The van der Waals surface area contributed by atoms with Crippen LogP contribution in [0.2, 0.25) is 0 Å². The molecule has 0 saturated carbocycles. The first-order valence-electron chi connectivity index (χ1n) is 8.57. The highest BCUT2D eigenvalue weighted by Gasteiger charge is 2.13. The summed E-state index contributed by atoms with van der Waals surface area (Å²) < 4.78 is 27.1. The van der Waals surface area contributed by atoms with Crippen LogP contribution in [0.5, 0.6) is 0 Å². The summed E-state index contributed by atoms with van der Waals surface area (Å²) in [4.78, 5) is 0.361. The van der Waals surface area contributed by atoms with Gasteiger partial charge in [-0.25, -0.2) is 13.1 Å². The molecule has 0 saturated heterocycles. The van der Waals surface area contributed by atoms with Crippen molar-refractivity contribution in [2.45, 2.75) is 76.5 Å². The van der Waals surface area contributed by atoms with Crippen molar-refractivity contribution in [3.8, 4) is 0 Å². The zero-order valence-electron chi connectivity index (χ0n) is 14.3. The molecule has 0 aliphatic heterocycles. The first kappa shape index (κ1) is 19.2. The van der Waals surface area contributed by atoms with Crippen molar-refractivity contribution < 1.29 is 8.42 Å². The van der Waals surface area contributed by atoms with E-state index in [2.05, 4.69) is 25.5 Å². The fourth-order valence-electron chi connectivity index (χ4n) is 2.40. The van der Waals surface area contributed by atoms with E-state index in [4.69, 9.17) is 0 Å². The lowest BCUT2D eigenvalue weighted by Gasteiger charge is -2.09. The van der Waals surface area contributed by atoms with Crippen LogP contribution in [0, 0.1) is 0 Å². The molecule has 0 bridgehead atoms. The van der Waals surface area contributed by atoms with Crippen LogP contribution in [0.25, 0.3) is 0 Å². The summed E-state index contributed by atoms with van der Waals surface area (Å²) in [5.74, 6) is 0.414. The number of sulfonamides is 1. The van der Waals surface area contributed by atoms with Crippen molar-refractivity contribution in [2.75, 3.05) is 6.54 Å². The normalized spacial score (nSPS) is 12.0. The van der Waals surface area contributed by atoms with E-state index in [0.29, 0.717) is 17.4 Å². The molecular weight excluding hydrogens is 294 g/mol. The Morgan fingerprint density at radius 2 is 1.45 bits per heavy atom. The van der Waals surface area contributed by atoms with E-state index in [9.17, 15) is 8.42 Å². The molecular formula is C18H31NO2S. The Balaban J connectivity index is 2.32. The van der Waals surface area contributed by atoms with Crippen LogP contribution < -0.4 is 4.72 Å². The highest BCUT2D eigenvalue weighted by molar-refractivity contribution is 7.89. The zero-order chi connectivity index (χ0) is 16.4. The molecule has 0 aliphatic rings. The number of unbranched alkanes of at least 4 members (excludes halogenated alkanes) is 6. The number of hydrogen-bond acceptors (Lipinski definition) is 2. The quantitative estimate of drug-likeness (QED) is 0.592. The van der Waals surface area contributed by atoms with Crippen molar-refractivity contribution in [2.24, 2.45) is 0 Å². The average Bonchev–Trinajstić information content (AvgIpc) is 2.50. The summed E-state index contributed by atoms with van der Waals surface area (Å²) in [7, 11) is -3.35. The van der Waals surface area contributed by atoms with Crippen LogP contribution in [-0.2, 0) is 10.0 Å². The molecule has 0 aromatic heterocycles. The number of benzene rings is 1. The van der Waals surface area contributed by atoms with E-state index in [-0.39, 0.29) is 0 Å². The van der Waals surface area contributed by atoms with Gasteiger partial charge in [0.05, 0.1) is 4.90 Å². The smallest absolute Gasteiger partial charge is 0.211 e. The average molecular weight is 326 g/mol. The van der Waals surface area contributed by atoms with Gasteiger partial charge in [-0.2, -0.15) is 0 Å². The molecule has 0 amide bonds. The van der Waals surface area contributed by atoms with Gasteiger partial charge >= 0.3 is 0 Å².